The average Bonchev–Trinajstić information content (AvgIpc) is 2.65. The molecule has 29 heavy (non-hydrogen) atoms. The molecule has 0 radical (unpaired) electrons. The van der Waals surface area contributed by atoms with Crippen LogP contribution in [0.25, 0.3) is 11.4 Å². The largest absolute Gasteiger partial charge is 0.489 e. The standard InChI is InChI=1S/C21H18FN3O4/c1-21(2)28-18-4-3-16(8-17(18)20(26)29-21)27-11-12-9-24-19(25-10-12)13-5-14(22)7-15(23)6-13/h3-10H,11,23H2,1-2H3. The summed E-state index contributed by atoms with van der Waals surface area (Å²) in [6.45, 7) is 3.52. The number of hydrogen-bond acceptors (Lipinski definition) is 7. The Hall–Kier alpha value is -3.68. The van der Waals surface area contributed by atoms with Gasteiger partial charge in [-0.15, -0.1) is 0 Å². The minimum Gasteiger partial charge on any atom is -0.489 e. The van der Waals surface area contributed by atoms with Crippen molar-refractivity contribution in [2.24, 2.45) is 0 Å². The lowest BCUT2D eigenvalue weighted by atomic mass is 10.1. The second-order valence-electron chi connectivity index (χ2n) is 7.03. The number of benzene rings is 2. The Balaban J connectivity index is 1.46. The van der Waals surface area contributed by atoms with Crippen LogP contribution in [0.3, 0.4) is 0 Å². The van der Waals surface area contributed by atoms with Gasteiger partial charge in [0.05, 0.1) is 0 Å². The van der Waals surface area contributed by atoms with Crippen molar-refractivity contribution in [1.82, 2.24) is 9.97 Å². The van der Waals surface area contributed by atoms with E-state index in [0.717, 1.165) is 0 Å². The second-order valence-corrected chi connectivity index (χ2v) is 7.03. The van der Waals surface area contributed by atoms with Gasteiger partial charge in [0, 0.05) is 43.1 Å². The number of fused-ring (bicyclic) bond motifs is 1. The predicted molar refractivity (Wildman–Crippen MR) is 103 cm³/mol. The molecule has 2 N–H and O–H groups in total. The van der Waals surface area contributed by atoms with Crippen molar-refractivity contribution in [3.63, 3.8) is 0 Å². The van der Waals surface area contributed by atoms with Crippen LogP contribution in [0, 0.1) is 5.82 Å². The van der Waals surface area contributed by atoms with Gasteiger partial charge in [0.2, 0.25) is 5.79 Å². The summed E-state index contributed by atoms with van der Waals surface area (Å²) in [5.41, 5.74) is 7.45. The normalized spacial score (nSPS) is 14.5. The summed E-state index contributed by atoms with van der Waals surface area (Å²) in [7, 11) is 0. The zero-order valence-electron chi connectivity index (χ0n) is 15.8. The average molecular weight is 395 g/mol. The lowest BCUT2D eigenvalue weighted by molar-refractivity contribution is -0.127. The molecule has 0 aliphatic carbocycles. The molecule has 0 amide bonds. The van der Waals surface area contributed by atoms with E-state index in [0.29, 0.717) is 39.7 Å². The molecule has 2 aromatic carbocycles. The first-order valence-electron chi connectivity index (χ1n) is 8.86. The molecule has 148 valence electrons. The van der Waals surface area contributed by atoms with E-state index >= 15 is 0 Å². The highest BCUT2D eigenvalue weighted by molar-refractivity contribution is 5.94. The van der Waals surface area contributed by atoms with E-state index in [1.807, 2.05) is 0 Å². The van der Waals surface area contributed by atoms with Gasteiger partial charge in [0.15, 0.2) is 5.82 Å². The molecule has 0 saturated carbocycles. The van der Waals surface area contributed by atoms with Gasteiger partial charge in [0.1, 0.15) is 29.5 Å². The number of anilines is 1. The van der Waals surface area contributed by atoms with Gasteiger partial charge in [-0.05, 0) is 36.4 Å². The van der Waals surface area contributed by atoms with Crippen LogP contribution in [0.1, 0.15) is 29.8 Å². The minimum atomic E-state index is -1.00. The molecule has 1 aliphatic rings. The predicted octanol–water partition coefficient (Wildman–Crippen LogP) is 3.73. The molecule has 2 heterocycles. The molecule has 0 atom stereocenters. The Morgan fingerprint density at radius 1 is 1.10 bits per heavy atom. The van der Waals surface area contributed by atoms with Crippen molar-refractivity contribution in [1.29, 1.82) is 0 Å². The molecular formula is C21H18FN3O4. The van der Waals surface area contributed by atoms with Gasteiger partial charge in [-0.25, -0.2) is 19.2 Å². The van der Waals surface area contributed by atoms with Crippen molar-refractivity contribution in [2.75, 3.05) is 5.73 Å². The summed E-state index contributed by atoms with van der Waals surface area (Å²) in [6, 6.07) is 9.09. The fourth-order valence-electron chi connectivity index (χ4n) is 2.90. The van der Waals surface area contributed by atoms with E-state index in [4.69, 9.17) is 19.9 Å². The molecular weight excluding hydrogens is 377 g/mol. The van der Waals surface area contributed by atoms with Crippen LogP contribution in [0.4, 0.5) is 10.1 Å². The maximum atomic E-state index is 13.5. The van der Waals surface area contributed by atoms with Crippen LogP contribution in [-0.2, 0) is 11.3 Å². The Morgan fingerprint density at radius 2 is 1.86 bits per heavy atom. The number of nitrogens with two attached hydrogens (primary N) is 1. The number of nitrogens with zero attached hydrogens (tertiary/aromatic N) is 2. The van der Waals surface area contributed by atoms with E-state index in [2.05, 4.69) is 9.97 Å². The topological polar surface area (TPSA) is 96.6 Å². The van der Waals surface area contributed by atoms with Gasteiger partial charge in [-0.3, -0.25) is 0 Å². The number of cyclic esters (lactones) is 1. The molecule has 1 aromatic heterocycles. The van der Waals surface area contributed by atoms with Crippen LogP contribution in [0.5, 0.6) is 11.5 Å². The highest BCUT2D eigenvalue weighted by Gasteiger charge is 2.34. The summed E-state index contributed by atoms with van der Waals surface area (Å²) < 4.78 is 30.1. The van der Waals surface area contributed by atoms with Crippen LogP contribution in [0.15, 0.2) is 48.8 Å². The maximum Gasteiger partial charge on any atom is 0.345 e. The van der Waals surface area contributed by atoms with Crippen molar-refractivity contribution < 1.29 is 23.4 Å². The molecule has 4 rings (SSSR count). The Kier molecular flexibility index (Phi) is 4.54. The summed E-state index contributed by atoms with van der Waals surface area (Å²) in [5.74, 6) is -0.640. The fourth-order valence-corrected chi connectivity index (χ4v) is 2.90. The smallest absolute Gasteiger partial charge is 0.345 e. The molecule has 1 aliphatic heterocycles. The van der Waals surface area contributed by atoms with E-state index in [9.17, 15) is 9.18 Å². The SMILES string of the molecule is CC1(C)OC(=O)c2cc(OCc3cnc(-c4cc(N)cc(F)c4)nc3)ccc2O1. The lowest BCUT2D eigenvalue weighted by Crippen LogP contribution is -2.38. The number of aromatic nitrogens is 2. The Labute approximate surface area is 166 Å². The number of ether oxygens (including phenoxy) is 3. The molecule has 3 aromatic rings. The number of carbonyl (C=O) groups is 1. The number of halogens is 1. The third kappa shape index (κ3) is 4.11. The van der Waals surface area contributed by atoms with E-state index < -0.39 is 17.6 Å². The third-order valence-electron chi connectivity index (χ3n) is 4.15. The fraction of sp³-hybridized carbons (Fsp3) is 0.190. The maximum absolute atomic E-state index is 13.5. The van der Waals surface area contributed by atoms with Gasteiger partial charge >= 0.3 is 5.97 Å². The first-order chi connectivity index (χ1) is 13.8. The number of esters is 1. The molecule has 0 fully saturated rings. The highest BCUT2D eigenvalue weighted by atomic mass is 19.1. The van der Waals surface area contributed by atoms with Crippen molar-refractivity contribution in [2.45, 2.75) is 26.2 Å². The highest BCUT2D eigenvalue weighted by Crippen LogP contribution is 2.33. The van der Waals surface area contributed by atoms with E-state index in [1.165, 1.54) is 12.1 Å². The van der Waals surface area contributed by atoms with E-state index in [-0.39, 0.29) is 6.61 Å². The van der Waals surface area contributed by atoms with Crippen molar-refractivity contribution >= 4 is 11.7 Å². The summed E-state index contributed by atoms with van der Waals surface area (Å²) >= 11 is 0. The molecule has 0 saturated heterocycles. The first kappa shape index (κ1) is 18.7. The summed E-state index contributed by atoms with van der Waals surface area (Å²) in [5, 5.41) is 0. The summed E-state index contributed by atoms with van der Waals surface area (Å²) in [6.07, 6.45) is 3.17. The molecule has 0 spiro atoms. The minimum absolute atomic E-state index is 0.186. The van der Waals surface area contributed by atoms with Crippen LogP contribution in [0.2, 0.25) is 0 Å². The van der Waals surface area contributed by atoms with Gasteiger partial charge in [-0.1, -0.05) is 0 Å². The van der Waals surface area contributed by atoms with Crippen LogP contribution in [-0.4, -0.2) is 21.7 Å². The Bertz CT molecular complexity index is 1060. The Morgan fingerprint density at radius 3 is 2.59 bits per heavy atom. The van der Waals surface area contributed by atoms with Crippen LogP contribution < -0.4 is 15.2 Å². The number of hydrogen-bond donors (Lipinski definition) is 1. The molecule has 7 nitrogen and oxygen atoms in total. The molecule has 0 bridgehead atoms. The van der Waals surface area contributed by atoms with Crippen molar-refractivity contribution in [3.8, 4) is 22.9 Å². The zero-order valence-corrected chi connectivity index (χ0v) is 15.8. The molecule has 0 unspecified atom stereocenters. The van der Waals surface area contributed by atoms with Crippen LogP contribution >= 0.6 is 0 Å². The lowest BCUT2D eigenvalue weighted by Gasteiger charge is -2.31. The quantitative estimate of drug-likeness (QED) is 0.531. The van der Waals surface area contributed by atoms with Crippen molar-refractivity contribution in [3.05, 3.63) is 65.7 Å². The van der Waals surface area contributed by atoms with Gasteiger partial charge in [-0.2, -0.15) is 0 Å². The first-order valence-corrected chi connectivity index (χ1v) is 8.86. The number of rotatable bonds is 4. The number of nitrogen functional groups attached to an aromatic ring is 1. The summed E-state index contributed by atoms with van der Waals surface area (Å²) in [4.78, 5) is 20.6. The monoisotopic (exact) mass is 395 g/mol. The van der Waals surface area contributed by atoms with Gasteiger partial charge < -0.3 is 19.9 Å². The van der Waals surface area contributed by atoms with Gasteiger partial charge in [0.25, 0.3) is 0 Å². The molecule has 8 heteroatoms. The number of carbonyl (C=O) groups excluding carboxylic acids is 1. The third-order valence-corrected chi connectivity index (χ3v) is 4.15. The van der Waals surface area contributed by atoms with E-state index in [1.54, 1.807) is 50.5 Å². The second kappa shape index (κ2) is 7.05. The zero-order chi connectivity index (χ0) is 20.6.